The molecule has 0 spiro atoms. The molecule has 3 aromatic rings. The van der Waals surface area contributed by atoms with Crippen molar-refractivity contribution in [3.8, 4) is 11.1 Å². The predicted octanol–water partition coefficient (Wildman–Crippen LogP) is 5.39. The molecule has 0 saturated carbocycles. The van der Waals surface area contributed by atoms with Crippen molar-refractivity contribution < 1.29 is 28.7 Å². The number of carboxylic acid groups (broad SMARTS) is 1. The van der Waals surface area contributed by atoms with E-state index in [0.717, 1.165) is 22.3 Å². The van der Waals surface area contributed by atoms with E-state index in [2.05, 4.69) is 34.6 Å². The molecule has 1 aliphatic carbocycles. The van der Waals surface area contributed by atoms with E-state index in [4.69, 9.17) is 14.0 Å². The van der Waals surface area contributed by atoms with Gasteiger partial charge in [0.25, 0.3) is 0 Å². The highest BCUT2D eigenvalue weighted by Crippen LogP contribution is 2.44. The van der Waals surface area contributed by atoms with Gasteiger partial charge in [0.2, 0.25) is 0 Å². The summed E-state index contributed by atoms with van der Waals surface area (Å²) in [5.74, 6) is -1.15. The summed E-state index contributed by atoms with van der Waals surface area (Å²) in [5, 5.41) is 14.0. The Morgan fingerprint density at radius 3 is 2.18 bits per heavy atom. The first-order chi connectivity index (χ1) is 18.1. The number of rotatable bonds is 7. The van der Waals surface area contributed by atoms with Crippen LogP contribution in [-0.2, 0) is 14.0 Å². The van der Waals surface area contributed by atoms with Crippen molar-refractivity contribution in [3.63, 3.8) is 0 Å². The summed E-state index contributed by atoms with van der Waals surface area (Å²) in [6.07, 6.45) is 1.13. The molecular formula is C28H29BN2O6S. The van der Waals surface area contributed by atoms with E-state index < -0.39 is 30.4 Å². The minimum atomic E-state index is -1.10. The normalized spacial score (nSPS) is 17.7. The monoisotopic (exact) mass is 532 g/mol. The number of benzene rings is 2. The fourth-order valence-electron chi connectivity index (χ4n) is 4.63. The lowest BCUT2D eigenvalue weighted by Crippen LogP contribution is -2.41. The molecule has 0 unspecified atom stereocenters. The number of nitrogens with one attached hydrogen (secondary N) is 1. The molecule has 2 N–H and O–H groups in total. The van der Waals surface area contributed by atoms with Crippen LogP contribution in [0.1, 0.15) is 60.2 Å². The fraction of sp³-hybridized carbons (Fsp3) is 0.321. The Hall–Kier alpha value is -3.47. The lowest BCUT2D eigenvalue weighted by atomic mass is 9.77. The van der Waals surface area contributed by atoms with Crippen LogP contribution in [0.2, 0.25) is 0 Å². The summed E-state index contributed by atoms with van der Waals surface area (Å²) in [5.41, 5.74) is 3.97. The van der Waals surface area contributed by atoms with E-state index in [1.165, 1.54) is 16.7 Å². The SMILES string of the molecule is CC1(C)OB(C(=Cc2nc(C(=O)O)cs2)CNC(=O)OCC2c3ccccc3-c3ccccc32)OC1(C)C. The number of fused-ring (bicyclic) bond motifs is 3. The van der Waals surface area contributed by atoms with Gasteiger partial charge in [0.1, 0.15) is 11.6 Å². The number of alkyl carbamates (subject to hydrolysis) is 1. The molecule has 2 aromatic carbocycles. The second kappa shape index (κ2) is 10.0. The van der Waals surface area contributed by atoms with E-state index in [1.54, 1.807) is 6.08 Å². The molecule has 196 valence electrons. The van der Waals surface area contributed by atoms with Gasteiger partial charge in [0.05, 0.1) is 11.2 Å². The van der Waals surface area contributed by atoms with Crippen LogP contribution in [0.5, 0.6) is 0 Å². The molecule has 0 atom stereocenters. The molecule has 2 heterocycles. The minimum Gasteiger partial charge on any atom is -0.476 e. The van der Waals surface area contributed by atoms with E-state index in [-0.39, 0.29) is 24.8 Å². The number of aromatic carboxylic acids is 1. The molecule has 1 saturated heterocycles. The van der Waals surface area contributed by atoms with Crippen molar-refractivity contribution in [1.82, 2.24) is 10.3 Å². The van der Waals surface area contributed by atoms with Gasteiger partial charge in [0.15, 0.2) is 5.69 Å². The zero-order chi connectivity index (χ0) is 27.1. The molecule has 1 aromatic heterocycles. The Morgan fingerprint density at radius 2 is 1.63 bits per heavy atom. The van der Waals surface area contributed by atoms with Crippen LogP contribution in [0.15, 0.2) is 59.4 Å². The van der Waals surface area contributed by atoms with Gasteiger partial charge in [-0.05, 0) is 61.5 Å². The average Bonchev–Trinajstić information content (AvgIpc) is 3.53. The maximum atomic E-state index is 12.8. The zero-order valence-electron chi connectivity index (χ0n) is 21.7. The topological polar surface area (TPSA) is 107 Å². The number of carboxylic acids is 1. The van der Waals surface area contributed by atoms with Gasteiger partial charge < -0.3 is 24.5 Å². The maximum absolute atomic E-state index is 12.8. The number of nitrogens with zero attached hydrogens (tertiary/aromatic N) is 1. The molecule has 38 heavy (non-hydrogen) atoms. The number of aromatic nitrogens is 1. The van der Waals surface area contributed by atoms with Crippen LogP contribution < -0.4 is 5.32 Å². The first-order valence-electron chi connectivity index (χ1n) is 12.4. The van der Waals surface area contributed by atoms with E-state index in [9.17, 15) is 14.7 Å². The fourth-order valence-corrected chi connectivity index (χ4v) is 5.39. The smallest absolute Gasteiger partial charge is 0.476 e. The average molecular weight is 532 g/mol. The first-order valence-corrected chi connectivity index (χ1v) is 13.3. The lowest BCUT2D eigenvalue weighted by molar-refractivity contribution is 0.00578. The molecule has 1 fully saturated rings. The van der Waals surface area contributed by atoms with Crippen LogP contribution in [0.4, 0.5) is 4.79 Å². The van der Waals surface area contributed by atoms with Crippen molar-refractivity contribution >= 4 is 36.6 Å². The number of hydrogen-bond acceptors (Lipinski definition) is 7. The highest BCUT2D eigenvalue weighted by atomic mass is 32.1. The van der Waals surface area contributed by atoms with Gasteiger partial charge in [-0.3, -0.25) is 0 Å². The number of carbonyl (C=O) groups is 2. The summed E-state index contributed by atoms with van der Waals surface area (Å²) >= 11 is 1.19. The van der Waals surface area contributed by atoms with E-state index >= 15 is 0 Å². The summed E-state index contributed by atoms with van der Waals surface area (Å²) < 4.78 is 18.0. The van der Waals surface area contributed by atoms with Crippen LogP contribution in [-0.4, -0.2) is 53.6 Å². The maximum Gasteiger partial charge on any atom is 0.492 e. The number of ether oxygens (including phenoxy) is 1. The van der Waals surface area contributed by atoms with Crippen molar-refractivity contribution in [2.45, 2.75) is 44.8 Å². The largest absolute Gasteiger partial charge is 0.492 e. The third-order valence-electron chi connectivity index (χ3n) is 7.39. The number of carbonyl (C=O) groups excluding carboxylic acids is 1. The van der Waals surface area contributed by atoms with Gasteiger partial charge in [-0.2, -0.15) is 0 Å². The quantitative estimate of drug-likeness (QED) is 0.393. The number of amides is 1. The predicted molar refractivity (Wildman–Crippen MR) is 146 cm³/mol. The van der Waals surface area contributed by atoms with Crippen molar-refractivity contribution in [2.24, 2.45) is 0 Å². The Balaban J connectivity index is 1.29. The Bertz CT molecular complexity index is 1350. The standard InChI is InChI=1S/C28H29BN2O6S/c1-27(2)28(3,4)37-29(36-27)17(13-24-31-23(16-38-24)25(32)33)14-30-26(34)35-15-22-20-11-7-5-9-18(20)19-10-6-8-12-21(19)22/h5-13,16,22H,14-15H2,1-4H3,(H,30,34)(H,32,33). The summed E-state index contributed by atoms with van der Waals surface area (Å²) in [6, 6.07) is 16.3. The van der Waals surface area contributed by atoms with Gasteiger partial charge in [-0.15, -0.1) is 11.3 Å². The Kier molecular flexibility index (Phi) is 6.89. The van der Waals surface area contributed by atoms with E-state index in [0.29, 0.717) is 10.5 Å². The minimum absolute atomic E-state index is 0.0426. The van der Waals surface area contributed by atoms with Crippen LogP contribution >= 0.6 is 11.3 Å². The van der Waals surface area contributed by atoms with Crippen LogP contribution in [0, 0.1) is 0 Å². The second-order valence-electron chi connectivity index (χ2n) is 10.4. The van der Waals surface area contributed by atoms with Gasteiger partial charge in [0, 0.05) is 17.8 Å². The molecule has 1 amide bonds. The molecule has 2 aliphatic rings. The lowest BCUT2D eigenvalue weighted by Gasteiger charge is -2.32. The third kappa shape index (κ3) is 4.99. The van der Waals surface area contributed by atoms with Crippen molar-refractivity contribution in [1.29, 1.82) is 0 Å². The first kappa shape index (κ1) is 26.2. The van der Waals surface area contributed by atoms with Crippen LogP contribution in [0.3, 0.4) is 0 Å². The summed E-state index contributed by atoms with van der Waals surface area (Å²) in [6.45, 7) is 8.04. The number of hydrogen-bond donors (Lipinski definition) is 2. The zero-order valence-corrected chi connectivity index (χ0v) is 22.5. The van der Waals surface area contributed by atoms with E-state index in [1.807, 2.05) is 52.0 Å². The summed E-state index contributed by atoms with van der Waals surface area (Å²) in [7, 11) is -0.744. The molecule has 0 radical (unpaired) electrons. The molecule has 10 heteroatoms. The third-order valence-corrected chi connectivity index (χ3v) is 8.18. The van der Waals surface area contributed by atoms with Crippen LogP contribution in [0.25, 0.3) is 17.2 Å². The number of thiazole rings is 1. The van der Waals surface area contributed by atoms with Gasteiger partial charge in [-0.1, -0.05) is 48.5 Å². The molecule has 8 nitrogen and oxygen atoms in total. The van der Waals surface area contributed by atoms with Gasteiger partial charge in [-0.25, -0.2) is 14.6 Å². The Labute approximate surface area is 225 Å². The highest BCUT2D eigenvalue weighted by molar-refractivity contribution is 7.10. The van der Waals surface area contributed by atoms with Gasteiger partial charge >= 0.3 is 19.2 Å². The molecule has 5 rings (SSSR count). The molecule has 1 aliphatic heterocycles. The Morgan fingerprint density at radius 1 is 1.05 bits per heavy atom. The molecule has 0 bridgehead atoms. The van der Waals surface area contributed by atoms with Crippen molar-refractivity contribution in [3.05, 3.63) is 81.2 Å². The second-order valence-corrected chi connectivity index (χ2v) is 11.3. The van der Waals surface area contributed by atoms with Crippen molar-refractivity contribution in [2.75, 3.05) is 13.2 Å². The summed E-state index contributed by atoms with van der Waals surface area (Å²) in [4.78, 5) is 28.2. The highest BCUT2D eigenvalue weighted by Gasteiger charge is 2.52. The molecular weight excluding hydrogens is 503 g/mol.